The summed E-state index contributed by atoms with van der Waals surface area (Å²) in [5, 5.41) is 5.70. The van der Waals surface area contributed by atoms with Crippen LogP contribution in [0.4, 0.5) is 23.5 Å². The molecule has 0 unspecified atom stereocenters. The number of anilines is 1. The molecule has 1 N–H and O–H groups in total. The van der Waals surface area contributed by atoms with E-state index in [0.717, 1.165) is 11.0 Å². The van der Waals surface area contributed by atoms with Gasteiger partial charge in [-0.1, -0.05) is 0 Å². The lowest BCUT2D eigenvalue weighted by atomic mass is 10.1. The Balaban J connectivity index is 2.37. The number of halogens is 4. The minimum atomic E-state index is -2.05. The summed E-state index contributed by atoms with van der Waals surface area (Å²) in [5.41, 5.74) is -0.973. The molecule has 100 valence electrons. The van der Waals surface area contributed by atoms with Crippen LogP contribution in [0.15, 0.2) is 12.4 Å². The second-order valence-corrected chi connectivity index (χ2v) is 3.51. The van der Waals surface area contributed by atoms with Crippen LogP contribution in [-0.2, 0) is 7.05 Å². The molecule has 1 aromatic carbocycles. The van der Waals surface area contributed by atoms with Gasteiger partial charge in [0.25, 0.3) is 5.91 Å². The van der Waals surface area contributed by atoms with Crippen molar-refractivity contribution < 1.29 is 22.4 Å². The minimum Gasteiger partial charge on any atom is -0.291 e. The van der Waals surface area contributed by atoms with Crippen LogP contribution in [0.2, 0.25) is 0 Å². The van der Waals surface area contributed by atoms with Gasteiger partial charge in [0, 0.05) is 7.05 Å². The van der Waals surface area contributed by atoms with Gasteiger partial charge in [0.15, 0.2) is 23.3 Å². The first-order valence-corrected chi connectivity index (χ1v) is 4.90. The molecule has 0 aliphatic rings. The van der Waals surface area contributed by atoms with Crippen molar-refractivity contribution in [2.75, 3.05) is 5.32 Å². The van der Waals surface area contributed by atoms with Crippen LogP contribution in [0.25, 0.3) is 0 Å². The highest BCUT2D eigenvalue weighted by atomic mass is 19.2. The SMILES string of the molecule is Cn1ncnc1NC(=O)c1cc(F)c(F)c(F)c1F. The first-order chi connectivity index (χ1) is 8.91. The molecule has 9 heteroatoms. The van der Waals surface area contributed by atoms with Crippen LogP contribution in [0, 0.1) is 23.3 Å². The Labute approximate surface area is 103 Å². The van der Waals surface area contributed by atoms with E-state index in [1.165, 1.54) is 7.05 Å². The number of benzene rings is 1. The molecule has 19 heavy (non-hydrogen) atoms. The van der Waals surface area contributed by atoms with Crippen LogP contribution < -0.4 is 5.32 Å². The molecular weight excluding hydrogens is 268 g/mol. The van der Waals surface area contributed by atoms with Crippen molar-refractivity contribution in [1.82, 2.24) is 14.8 Å². The quantitative estimate of drug-likeness (QED) is 0.514. The molecule has 0 atom stereocenters. The van der Waals surface area contributed by atoms with Crippen molar-refractivity contribution in [2.45, 2.75) is 0 Å². The summed E-state index contributed by atoms with van der Waals surface area (Å²) in [6.07, 6.45) is 1.11. The number of hydrogen-bond donors (Lipinski definition) is 1. The molecule has 0 aliphatic carbocycles. The maximum absolute atomic E-state index is 13.3. The van der Waals surface area contributed by atoms with E-state index < -0.39 is 34.7 Å². The normalized spacial score (nSPS) is 10.6. The van der Waals surface area contributed by atoms with E-state index in [9.17, 15) is 22.4 Å². The summed E-state index contributed by atoms with van der Waals surface area (Å²) >= 11 is 0. The fraction of sp³-hybridized carbons (Fsp3) is 0.100. The molecule has 2 aromatic rings. The first-order valence-electron chi connectivity index (χ1n) is 4.90. The van der Waals surface area contributed by atoms with Gasteiger partial charge in [-0.25, -0.2) is 22.2 Å². The van der Waals surface area contributed by atoms with E-state index in [-0.39, 0.29) is 12.0 Å². The summed E-state index contributed by atoms with van der Waals surface area (Å²) < 4.78 is 53.1. The van der Waals surface area contributed by atoms with Crippen molar-refractivity contribution in [1.29, 1.82) is 0 Å². The number of aryl methyl sites for hydroxylation is 1. The molecule has 0 aliphatic heterocycles. The number of amides is 1. The summed E-state index contributed by atoms with van der Waals surface area (Å²) in [5.74, 6) is -8.71. The van der Waals surface area contributed by atoms with E-state index in [2.05, 4.69) is 15.4 Å². The maximum Gasteiger partial charge on any atom is 0.261 e. The van der Waals surface area contributed by atoms with E-state index in [1.54, 1.807) is 0 Å². The van der Waals surface area contributed by atoms with Crippen molar-refractivity contribution in [2.24, 2.45) is 7.05 Å². The molecule has 0 bridgehead atoms. The van der Waals surface area contributed by atoms with Crippen molar-refractivity contribution in [3.8, 4) is 0 Å². The fourth-order valence-corrected chi connectivity index (χ4v) is 1.32. The van der Waals surface area contributed by atoms with Crippen LogP contribution >= 0.6 is 0 Å². The molecule has 2 rings (SSSR count). The van der Waals surface area contributed by atoms with Gasteiger partial charge in [-0.15, -0.1) is 0 Å². The number of rotatable bonds is 2. The molecule has 5 nitrogen and oxygen atoms in total. The Morgan fingerprint density at radius 2 is 1.89 bits per heavy atom. The highest BCUT2D eigenvalue weighted by Crippen LogP contribution is 2.19. The smallest absolute Gasteiger partial charge is 0.261 e. The summed E-state index contributed by atoms with van der Waals surface area (Å²) in [6.45, 7) is 0. The van der Waals surface area contributed by atoms with E-state index >= 15 is 0 Å². The zero-order valence-corrected chi connectivity index (χ0v) is 9.42. The van der Waals surface area contributed by atoms with Crippen LogP contribution in [0.3, 0.4) is 0 Å². The molecule has 0 radical (unpaired) electrons. The number of nitrogens with one attached hydrogen (secondary N) is 1. The zero-order chi connectivity index (χ0) is 14.2. The third-order valence-electron chi connectivity index (χ3n) is 2.28. The Kier molecular flexibility index (Phi) is 3.19. The maximum atomic E-state index is 13.3. The average Bonchev–Trinajstić information content (AvgIpc) is 2.77. The fourth-order valence-electron chi connectivity index (χ4n) is 1.32. The lowest BCUT2D eigenvalue weighted by molar-refractivity contribution is 0.101. The van der Waals surface area contributed by atoms with Crippen LogP contribution in [-0.4, -0.2) is 20.7 Å². The Bertz CT molecular complexity index is 655. The molecule has 0 spiro atoms. The zero-order valence-electron chi connectivity index (χ0n) is 9.42. The molecular formula is C10H6F4N4O. The van der Waals surface area contributed by atoms with Gasteiger partial charge in [-0.05, 0) is 6.07 Å². The number of carbonyl (C=O) groups is 1. The van der Waals surface area contributed by atoms with Gasteiger partial charge in [-0.2, -0.15) is 10.1 Å². The third kappa shape index (κ3) is 2.26. The standard InChI is InChI=1S/C10H6F4N4O/c1-18-10(15-3-16-18)17-9(19)4-2-5(11)7(13)8(14)6(4)12/h2-3H,1H3,(H,15,16,17,19). The van der Waals surface area contributed by atoms with Crippen molar-refractivity contribution >= 4 is 11.9 Å². The predicted molar refractivity (Wildman–Crippen MR) is 55.2 cm³/mol. The second kappa shape index (κ2) is 4.67. The van der Waals surface area contributed by atoms with E-state index in [4.69, 9.17) is 0 Å². The van der Waals surface area contributed by atoms with Crippen molar-refractivity contribution in [3.05, 3.63) is 41.2 Å². The average molecular weight is 274 g/mol. The molecule has 0 saturated heterocycles. The van der Waals surface area contributed by atoms with E-state index in [0.29, 0.717) is 0 Å². The monoisotopic (exact) mass is 274 g/mol. The van der Waals surface area contributed by atoms with Gasteiger partial charge in [-0.3, -0.25) is 10.1 Å². The number of carbonyl (C=O) groups excluding carboxylic acids is 1. The molecule has 0 fully saturated rings. The van der Waals surface area contributed by atoms with Crippen LogP contribution in [0.1, 0.15) is 10.4 Å². The highest BCUT2D eigenvalue weighted by molar-refractivity contribution is 6.03. The number of nitrogens with zero attached hydrogens (tertiary/aromatic N) is 3. The number of hydrogen-bond acceptors (Lipinski definition) is 3. The Morgan fingerprint density at radius 1 is 1.21 bits per heavy atom. The Hall–Kier alpha value is -2.45. The van der Waals surface area contributed by atoms with Gasteiger partial charge in [0.2, 0.25) is 5.95 Å². The predicted octanol–water partition coefficient (Wildman–Crippen LogP) is 1.62. The minimum absolute atomic E-state index is 0.0606. The highest BCUT2D eigenvalue weighted by Gasteiger charge is 2.23. The number of aromatic nitrogens is 3. The Morgan fingerprint density at radius 3 is 2.47 bits per heavy atom. The molecule has 0 saturated carbocycles. The second-order valence-electron chi connectivity index (χ2n) is 3.51. The lowest BCUT2D eigenvalue weighted by Gasteiger charge is -2.06. The van der Waals surface area contributed by atoms with Gasteiger partial charge < -0.3 is 0 Å². The topological polar surface area (TPSA) is 59.8 Å². The third-order valence-corrected chi connectivity index (χ3v) is 2.28. The molecule has 1 aromatic heterocycles. The summed E-state index contributed by atoms with van der Waals surface area (Å²) in [6, 6.07) is 0.263. The summed E-state index contributed by atoms with van der Waals surface area (Å²) in [7, 11) is 1.44. The van der Waals surface area contributed by atoms with E-state index in [1.807, 2.05) is 0 Å². The molecule has 1 amide bonds. The molecule has 1 heterocycles. The van der Waals surface area contributed by atoms with Gasteiger partial charge in [0.1, 0.15) is 6.33 Å². The first kappa shape index (κ1) is 13.0. The van der Waals surface area contributed by atoms with Crippen LogP contribution in [0.5, 0.6) is 0 Å². The summed E-state index contributed by atoms with van der Waals surface area (Å²) in [4.78, 5) is 15.2. The van der Waals surface area contributed by atoms with Gasteiger partial charge >= 0.3 is 0 Å². The van der Waals surface area contributed by atoms with Crippen molar-refractivity contribution in [3.63, 3.8) is 0 Å². The lowest BCUT2D eigenvalue weighted by Crippen LogP contribution is -2.18. The largest absolute Gasteiger partial charge is 0.291 e. The van der Waals surface area contributed by atoms with Gasteiger partial charge in [0.05, 0.1) is 5.56 Å².